The van der Waals surface area contributed by atoms with E-state index in [-0.39, 0.29) is 23.7 Å². The molecule has 1 unspecified atom stereocenters. The zero-order valence-electron chi connectivity index (χ0n) is 16.9. The Morgan fingerprint density at radius 1 is 1.32 bits per heavy atom. The summed E-state index contributed by atoms with van der Waals surface area (Å²) < 4.78 is 46.6. The molecule has 3 rings (SSSR count). The molecule has 1 atom stereocenters. The molecule has 10 heteroatoms. The van der Waals surface area contributed by atoms with Crippen LogP contribution in [0.25, 0.3) is 0 Å². The van der Waals surface area contributed by atoms with Gasteiger partial charge in [0, 0.05) is 32.3 Å². The van der Waals surface area contributed by atoms with Crippen molar-refractivity contribution in [2.45, 2.75) is 19.4 Å². The van der Waals surface area contributed by atoms with Crippen molar-refractivity contribution in [2.24, 2.45) is 0 Å². The lowest BCUT2D eigenvalue weighted by molar-refractivity contribution is -0.274. The number of alkyl halides is 3. The Morgan fingerprint density at radius 3 is 2.74 bits per heavy atom. The Balaban J connectivity index is 1.76. The lowest BCUT2D eigenvalue weighted by Gasteiger charge is -2.27. The number of phenols is 1. The first-order valence-corrected chi connectivity index (χ1v) is 9.15. The van der Waals surface area contributed by atoms with Gasteiger partial charge in [-0.1, -0.05) is 0 Å². The molecule has 0 saturated heterocycles. The monoisotopic (exact) mass is 435 g/mol. The zero-order chi connectivity index (χ0) is 22.8. The van der Waals surface area contributed by atoms with Gasteiger partial charge in [-0.2, -0.15) is 0 Å². The van der Waals surface area contributed by atoms with Gasteiger partial charge in [0.2, 0.25) is 0 Å². The number of nitrogens with zero attached hydrogens (tertiary/aromatic N) is 1. The Kier molecular flexibility index (Phi) is 6.06. The van der Waals surface area contributed by atoms with Crippen LogP contribution in [0, 0.1) is 18.9 Å². The summed E-state index contributed by atoms with van der Waals surface area (Å²) in [6.45, 7) is 1.73. The van der Waals surface area contributed by atoms with Gasteiger partial charge in [0.25, 0.3) is 5.91 Å². The van der Waals surface area contributed by atoms with Crippen LogP contribution >= 0.6 is 0 Å². The number of phenolic OH excluding ortho intramolecular Hbond substituents is 1. The molecule has 1 aliphatic rings. The summed E-state index contributed by atoms with van der Waals surface area (Å²) in [7, 11) is 3.53. The number of ether oxygens (including phenoxy) is 2. The minimum absolute atomic E-state index is 0.00377. The van der Waals surface area contributed by atoms with Crippen LogP contribution in [-0.4, -0.2) is 49.0 Å². The molecule has 0 bridgehead atoms. The van der Waals surface area contributed by atoms with E-state index in [0.717, 1.165) is 12.1 Å². The molecule has 2 aromatic carbocycles. The fraction of sp³-hybridized carbons (Fsp3) is 0.286. The fourth-order valence-corrected chi connectivity index (χ4v) is 2.78. The van der Waals surface area contributed by atoms with Gasteiger partial charge < -0.3 is 30.1 Å². The van der Waals surface area contributed by atoms with E-state index in [0.29, 0.717) is 16.8 Å². The van der Waals surface area contributed by atoms with Crippen molar-refractivity contribution >= 4 is 17.3 Å². The Bertz CT molecular complexity index is 1060. The highest BCUT2D eigenvalue weighted by molar-refractivity contribution is 5.96. The maximum atomic E-state index is 12.7. The molecule has 1 heterocycles. The number of halogens is 3. The lowest BCUT2D eigenvalue weighted by atomic mass is 10.1. The van der Waals surface area contributed by atoms with E-state index < -0.39 is 24.1 Å². The zero-order valence-corrected chi connectivity index (χ0v) is 16.9. The number of carbonyl (C=O) groups excluding carboxylic acids is 1. The fourth-order valence-electron chi connectivity index (χ4n) is 2.78. The number of aromatic hydroxyl groups is 1. The van der Waals surface area contributed by atoms with E-state index in [1.54, 1.807) is 32.0 Å². The van der Waals surface area contributed by atoms with Crippen LogP contribution in [0.5, 0.6) is 17.2 Å². The van der Waals surface area contributed by atoms with Crippen LogP contribution in [0.4, 0.5) is 24.5 Å². The molecule has 0 radical (unpaired) electrons. The van der Waals surface area contributed by atoms with Crippen molar-refractivity contribution in [1.82, 2.24) is 4.90 Å². The van der Waals surface area contributed by atoms with E-state index >= 15 is 0 Å². The summed E-state index contributed by atoms with van der Waals surface area (Å²) >= 11 is 0. The van der Waals surface area contributed by atoms with Crippen molar-refractivity contribution < 1.29 is 32.5 Å². The van der Waals surface area contributed by atoms with Crippen LogP contribution in [0.2, 0.25) is 0 Å². The van der Waals surface area contributed by atoms with E-state index in [2.05, 4.69) is 27.3 Å². The molecule has 31 heavy (non-hydrogen) atoms. The molecule has 7 nitrogen and oxygen atoms in total. The number of hydrogen-bond acceptors (Lipinski definition) is 6. The van der Waals surface area contributed by atoms with E-state index in [4.69, 9.17) is 4.74 Å². The van der Waals surface area contributed by atoms with Gasteiger partial charge in [-0.05, 0) is 36.6 Å². The average Bonchev–Trinajstić information content (AvgIpc) is 2.67. The van der Waals surface area contributed by atoms with Gasteiger partial charge >= 0.3 is 6.36 Å². The maximum absolute atomic E-state index is 12.7. The maximum Gasteiger partial charge on any atom is 0.573 e. The summed E-state index contributed by atoms with van der Waals surface area (Å²) in [5, 5.41) is 15.6. The van der Waals surface area contributed by atoms with Crippen LogP contribution < -0.4 is 20.1 Å². The quantitative estimate of drug-likeness (QED) is 0.507. The third-order valence-electron chi connectivity index (χ3n) is 4.23. The van der Waals surface area contributed by atoms with Gasteiger partial charge in [-0.15, -0.1) is 13.2 Å². The average molecular weight is 435 g/mol. The third-order valence-corrected chi connectivity index (χ3v) is 4.23. The molecule has 0 aromatic heterocycles. The van der Waals surface area contributed by atoms with Gasteiger partial charge in [-0.3, -0.25) is 4.79 Å². The second kappa shape index (κ2) is 8.55. The predicted octanol–water partition coefficient (Wildman–Crippen LogP) is 3.28. The van der Waals surface area contributed by atoms with Gasteiger partial charge in [-0.25, -0.2) is 0 Å². The van der Waals surface area contributed by atoms with Crippen LogP contribution in [0.15, 0.2) is 30.3 Å². The number of aryl methyl sites for hydroxylation is 1. The third kappa shape index (κ3) is 5.66. The first-order chi connectivity index (χ1) is 14.5. The Morgan fingerprint density at radius 2 is 2.06 bits per heavy atom. The molecule has 0 spiro atoms. The number of rotatable bonds is 3. The molecule has 3 N–H and O–H groups in total. The number of benzene rings is 2. The molecular formula is C21H20F3N3O4. The van der Waals surface area contributed by atoms with Crippen molar-refractivity contribution in [1.29, 1.82) is 0 Å². The van der Waals surface area contributed by atoms with Crippen molar-refractivity contribution in [3.8, 4) is 29.2 Å². The summed E-state index contributed by atoms with van der Waals surface area (Å²) in [5.74, 6) is 2.21. The Labute approximate surface area is 176 Å². The van der Waals surface area contributed by atoms with E-state index in [1.807, 2.05) is 0 Å². The predicted molar refractivity (Wildman–Crippen MR) is 108 cm³/mol. The number of amides is 1. The summed E-state index contributed by atoms with van der Waals surface area (Å²) in [5.41, 5.74) is 1.69. The molecule has 164 valence electrons. The van der Waals surface area contributed by atoms with Crippen LogP contribution in [0.1, 0.15) is 11.1 Å². The highest BCUT2D eigenvalue weighted by Gasteiger charge is 2.32. The standard InChI is InChI=1S/C21H20F3N3O4/c1-12-8-13(6-7-27(2)3)15(10-17(12)28)26-20(29)19-11-25-16-9-14(31-21(22,23)24)4-5-18(16)30-19/h4-5,8-10,19,25,28H,11H2,1-3H3,(H,26,29). The molecule has 2 aromatic rings. The highest BCUT2D eigenvalue weighted by Crippen LogP contribution is 2.35. The molecule has 0 aliphatic carbocycles. The number of fused-ring (bicyclic) bond motifs is 1. The van der Waals surface area contributed by atoms with Crippen molar-refractivity contribution in [3.63, 3.8) is 0 Å². The van der Waals surface area contributed by atoms with E-state index in [1.165, 1.54) is 12.1 Å². The van der Waals surface area contributed by atoms with Gasteiger partial charge in [0.1, 0.15) is 17.2 Å². The number of hydrogen-bond donors (Lipinski definition) is 3. The number of carbonyl (C=O) groups is 1. The smallest absolute Gasteiger partial charge is 0.508 e. The largest absolute Gasteiger partial charge is 0.573 e. The normalized spacial score (nSPS) is 14.8. The Hall–Kier alpha value is -3.74. The molecule has 1 aliphatic heterocycles. The topological polar surface area (TPSA) is 83.1 Å². The first kappa shape index (κ1) is 22.0. The minimum atomic E-state index is -4.81. The van der Waals surface area contributed by atoms with E-state index in [9.17, 15) is 23.1 Å². The highest BCUT2D eigenvalue weighted by atomic mass is 19.4. The second-order valence-corrected chi connectivity index (χ2v) is 7.00. The molecule has 0 fully saturated rings. The minimum Gasteiger partial charge on any atom is -0.508 e. The molecule has 1 amide bonds. The molecular weight excluding hydrogens is 415 g/mol. The van der Waals surface area contributed by atoms with Gasteiger partial charge in [0.05, 0.1) is 23.5 Å². The van der Waals surface area contributed by atoms with Crippen LogP contribution in [-0.2, 0) is 4.79 Å². The van der Waals surface area contributed by atoms with Crippen molar-refractivity contribution in [2.75, 3.05) is 31.3 Å². The summed E-state index contributed by atoms with van der Waals surface area (Å²) in [4.78, 5) is 14.4. The number of anilines is 2. The number of nitrogens with one attached hydrogen (secondary N) is 2. The summed E-state index contributed by atoms with van der Waals surface area (Å²) in [6.07, 6.45) is -5.76. The first-order valence-electron chi connectivity index (χ1n) is 9.15. The lowest BCUT2D eigenvalue weighted by Crippen LogP contribution is -2.41. The van der Waals surface area contributed by atoms with Crippen molar-refractivity contribution in [3.05, 3.63) is 41.5 Å². The van der Waals surface area contributed by atoms with Crippen LogP contribution in [0.3, 0.4) is 0 Å². The molecule has 0 saturated carbocycles. The second-order valence-electron chi connectivity index (χ2n) is 7.00. The SMILES string of the molecule is Cc1cc(C#CN(C)C)c(NC(=O)C2CNc3cc(OC(F)(F)F)ccc3O2)cc1O. The van der Waals surface area contributed by atoms with Gasteiger partial charge in [0.15, 0.2) is 6.10 Å². The summed E-state index contributed by atoms with van der Waals surface area (Å²) in [6, 6.07) is 9.43.